The second kappa shape index (κ2) is 8.84. The van der Waals surface area contributed by atoms with E-state index >= 15 is 0 Å². The Bertz CT molecular complexity index is 1200. The molecule has 30 heavy (non-hydrogen) atoms. The highest BCUT2D eigenvalue weighted by atomic mass is 32.1. The van der Waals surface area contributed by atoms with Crippen LogP contribution in [0.3, 0.4) is 0 Å². The van der Waals surface area contributed by atoms with Crippen LogP contribution in [0.1, 0.15) is 22.3 Å². The lowest BCUT2D eigenvalue weighted by Gasteiger charge is -2.06. The topological polar surface area (TPSA) is 84.0 Å². The molecule has 3 aromatic carbocycles. The van der Waals surface area contributed by atoms with Gasteiger partial charge < -0.3 is 10.6 Å². The Balaban J connectivity index is 1.28. The van der Waals surface area contributed by atoms with E-state index in [-0.39, 0.29) is 24.8 Å². The largest absolute Gasteiger partial charge is 0.352 e. The standard InChI is InChI=1S/C23H20N4O2S/c1-15-6-8-17(9-7-15)22-26-27-23(30-22)25-20(28)12-13-24-21(29)19-11-10-16-4-2-3-5-18(16)14-19/h2-11,14H,12-13H2,1H3,(H,24,29)(H,25,27,28). The fraction of sp³-hybridized carbons (Fsp3) is 0.130. The summed E-state index contributed by atoms with van der Waals surface area (Å²) in [6.07, 6.45) is 0.152. The number of nitrogens with one attached hydrogen (secondary N) is 2. The second-order valence-corrected chi connectivity index (χ2v) is 7.87. The lowest BCUT2D eigenvalue weighted by Crippen LogP contribution is -2.27. The molecule has 4 rings (SSSR count). The van der Waals surface area contributed by atoms with Crippen LogP contribution in [0.4, 0.5) is 5.13 Å². The van der Waals surface area contributed by atoms with E-state index in [0.29, 0.717) is 10.7 Å². The number of hydrogen-bond donors (Lipinski definition) is 2. The number of amides is 2. The van der Waals surface area contributed by atoms with Crippen LogP contribution in [-0.2, 0) is 4.79 Å². The molecule has 1 heterocycles. The zero-order valence-corrected chi connectivity index (χ0v) is 17.2. The smallest absolute Gasteiger partial charge is 0.251 e. The summed E-state index contributed by atoms with van der Waals surface area (Å²) < 4.78 is 0. The van der Waals surface area contributed by atoms with Gasteiger partial charge in [-0.15, -0.1) is 10.2 Å². The van der Waals surface area contributed by atoms with E-state index in [9.17, 15) is 9.59 Å². The van der Waals surface area contributed by atoms with Gasteiger partial charge in [0.05, 0.1) is 0 Å². The lowest BCUT2D eigenvalue weighted by atomic mass is 10.1. The first-order valence-electron chi connectivity index (χ1n) is 9.56. The maximum absolute atomic E-state index is 12.3. The van der Waals surface area contributed by atoms with Gasteiger partial charge in [0.2, 0.25) is 11.0 Å². The average Bonchev–Trinajstić information content (AvgIpc) is 3.22. The van der Waals surface area contributed by atoms with Crippen molar-refractivity contribution in [3.63, 3.8) is 0 Å². The number of aromatic nitrogens is 2. The van der Waals surface area contributed by atoms with Gasteiger partial charge in [0.1, 0.15) is 5.01 Å². The molecule has 150 valence electrons. The first-order valence-corrected chi connectivity index (χ1v) is 10.4. The number of aryl methyl sites for hydroxylation is 1. The monoisotopic (exact) mass is 416 g/mol. The van der Waals surface area contributed by atoms with Crippen LogP contribution < -0.4 is 10.6 Å². The van der Waals surface area contributed by atoms with E-state index in [2.05, 4.69) is 20.8 Å². The summed E-state index contributed by atoms with van der Waals surface area (Å²) in [6, 6.07) is 21.4. The van der Waals surface area contributed by atoms with E-state index in [0.717, 1.165) is 21.3 Å². The van der Waals surface area contributed by atoms with E-state index in [1.807, 2.05) is 67.6 Å². The SMILES string of the molecule is Cc1ccc(-c2nnc(NC(=O)CCNC(=O)c3ccc4ccccc4c3)s2)cc1. The zero-order valence-electron chi connectivity index (χ0n) is 16.4. The van der Waals surface area contributed by atoms with Crippen molar-refractivity contribution < 1.29 is 9.59 Å². The highest BCUT2D eigenvalue weighted by Crippen LogP contribution is 2.26. The van der Waals surface area contributed by atoms with Crippen molar-refractivity contribution in [1.29, 1.82) is 0 Å². The molecule has 0 atom stereocenters. The summed E-state index contributed by atoms with van der Waals surface area (Å²) in [4.78, 5) is 24.5. The van der Waals surface area contributed by atoms with Crippen LogP contribution in [0, 0.1) is 6.92 Å². The number of hydrogen-bond acceptors (Lipinski definition) is 5. The van der Waals surface area contributed by atoms with Gasteiger partial charge in [-0.05, 0) is 29.8 Å². The number of carbonyl (C=O) groups excluding carboxylic acids is 2. The molecule has 0 unspecified atom stereocenters. The fourth-order valence-corrected chi connectivity index (χ4v) is 3.76. The molecule has 2 N–H and O–H groups in total. The third-order valence-corrected chi connectivity index (χ3v) is 5.51. The van der Waals surface area contributed by atoms with Crippen LogP contribution >= 0.6 is 11.3 Å². The van der Waals surface area contributed by atoms with Crippen molar-refractivity contribution in [1.82, 2.24) is 15.5 Å². The van der Waals surface area contributed by atoms with Crippen molar-refractivity contribution in [2.24, 2.45) is 0 Å². The van der Waals surface area contributed by atoms with Crippen molar-refractivity contribution >= 4 is 39.1 Å². The minimum Gasteiger partial charge on any atom is -0.352 e. The highest BCUT2D eigenvalue weighted by molar-refractivity contribution is 7.18. The Morgan fingerprint density at radius 1 is 0.933 bits per heavy atom. The molecule has 7 heteroatoms. The molecule has 2 amide bonds. The summed E-state index contributed by atoms with van der Waals surface area (Å²) >= 11 is 1.32. The first kappa shape index (κ1) is 19.7. The third-order valence-electron chi connectivity index (χ3n) is 4.62. The maximum Gasteiger partial charge on any atom is 0.251 e. The molecule has 0 aliphatic rings. The molecule has 4 aromatic rings. The molecule has 0 spiro atoms. The Hall–Kier alpha value is -3.58. The van der Waals surface area contributed by atoms with Crippen molar-refractivity contribution in [2.45, 2.75) is 13.3 Å². The summed E-state index contributed by atoms with van der Waals surface area (Å²) in [5.74, 6) is -0.424. The quantitative estimate of drug-likeness (QED) is 0.487. The number of nitrogens with zero attached hydrogens (tertiary/aromatic N) is 2. The Morgan fingerprint density at radius 3 is 2.50 bits per heavy atom. The lowest BCUT2D eigenvalue weighted by molar-refractivity contribution is -0.116. The molecule has 0 fully saturated rings. The van der Waals surface area contributed by atoms with Gasteiger partial charge in [-0.3, -0.25) is 9.59 Å². The number of benzene rings is 3. The molecular weight excluding hydrogens is 396 g/mol. The van der Waals surface area contributed by atoms with Crippen LogP contribution in [0.25, 0.3) is 21.3 Å². The van der Waals surface area contributed by atoms with Crippen LogP contribution in [0.2, 0.25) is 0 Å². The van der Waals surface area contributed by atoms with E-state index in [1.54, 1.807) is 6.07 Å². The average molecular weight is 417 g/mol. The zero-order chi connectivity index (χ0) is 20.9. The second-order valence-electron chi connectivity index (χ2n) is 6.89. The van der Waals surface area contributed by atoms with E-state index in [1.165, 1.54) is 16.9 Å². The molecule has 0 bridgehead atoms. The molecule has 1 aromatic heterocycles. The minimum absolute atomic E-state index is 0.152. The molecular formula is C23H20N4O2S. The predicted octanol–water partition coefficient (Wildman–Crippen LogP) is 4.43. The van der Waals surface area contributed by atoms with Crippen molar-refractivity contribution in [2.75, 3.05) is 11.9 Å². The van der Waals surface area contributed by atoms with E-state index < -0.39 is 0 Å². The third kappa shape index (κ3) is 4.69. The van der Waals surface area contributed by atoms with Crippen LogP contribution in [0.15, 0.2) is 66.7 Å². The number of fused-ring (bicyclic) bond motifs is 1. The van der Waals surface area contributed by atoms with E-state index in [4.69, 9.17) is 0 Å². The first-order chi connectivity index (χ1) is 14.6. The molecule has 0 aliphatic heterocycles. The molecule has 0 saturated heterocycles. The highest BCUT2D eigenvalue weighted by Gasteiger charge is 2.11. The van der Waals surface area contributed by atoms with Gasteiger partial charge in [0.15, 0.2) is 0 Å². The normalized spacial score (nSPS) is 10.7. The fourth-order valence-electron chi connectivity index (χ4n) is 2.99. The van der Waals surface area contributed by atoms with Crippen LogP contribution in [0.5, 0.6) is 0 Å². The predicted molar refractivity (Wildman–Crippen MR) is 120 cm³/mol. The Morgan fingerprint density at radius 2 is 1.70 bits per heavy atom. The number of carbonyl (C=O) groups is 2. The number of anilines is 1. The summed E-state index contributed by atoms with van der Waals surface area (Å²) in [5.41, 5.74) is 2.70. The minimum atomic E-state index is -0.222. The van der Waals surface area contributed by atoms with Crippen molar-refractivity contribution in [3.8, 4) is 10.6 Å². The molecule has 0 radical (unpaired) electrons. The molecule has 0 saturated carbocycles. The van der Waals surface area contributed by atoms with Gasteiger partial charge >= 0.3 is 0 Å². The molecule has 0 aliphatic carbocycles. The van der Waals surface area contributed by atoms with Gasteiger partial charge in [-0.25, -0.2) is 0 Å². The summed E-state index contributed by atoms with van der Waals surface area (Å²) in [5, 5.41) is 16.9. The molecule has 6 nitrogen and oxygen atoms in total. The Labute approximate surface area is 178 Å². The summed E-state index contributed by atoms with van der Waals surface area (Å²) in [6.45, 7) is 2.26. The van der Waals surface area contributed by atoms with Gasteiger partial charge in [-0.2, -0.15) is 0 Å². The Kier molecular flexibility index (Phi) is 5.81. The maximum atomic E-state index is 12.3. The van der Waals surface area contributed by atoms with Gasteiger partial charge in [0, 0.05) is 24.1 Å². The van der Waals surface area contributed by atoms with Gasteiger partial charge in [0.25, 0.3) is 5.91 Å². The number of rotatable bonds is 6. The van der Waals surface area contributed by atoms with Crippen LogP contribution in [-0.4, -0.2) is 28.6 Å². The van der Waals surface area contributed by atoms with Gasteiger partial charge in [-0.1, -0.05) is 71.5 Å². The van der Waals surface area contributed by atoms with Crippen molar-refractivity contribution in [3.05, 3.63) is 77.9 Å². The summed E-state index contributed by atoms with van der Waals surface area (Å²) in [7, 11) is 0.